The second kappa shape index (κ2) is 6.86. The summed E-state index contributed by atoms with van der Waals surface area (Å²) in [4.78, 5) is 6.77. The second-order valence-electron chi connectivity index (χ2n) is 4.41. The highest BCUT2D eigenvalue weighted by atomic mass is 32.2. The molecule has 104 valence electrons. The topological polar surface area (TPSA) is 86.9 Å². The molecule has 0 atom stereocenters. The number of imidazole rings is 1. The quantitative estimate of drug-likeness (QED) is 0.607. The molecule has 0 spiro atoms. The Bertz CT molecular complexity index is 453. The van der Waals surface area contributed by atoms with Crippen molar-refractivity contribution in [2.24, 2.45) is 0 Å². The Hall–Kier alpha value is -0.920. The molecule has 0 aliphatic rings. The number of nitrogens with one attached hydrogen (secondary N) is 3. The maximum Gasteiger partial charge on any atom is 0.257 e. The summed E-state index contributed by atoms with van der Waals surface area (Å²) in [6.07, 6.45) is 2.80. The van der Waals surface area contributed by atoms with Gasteiger partial charge in [-0.05, 0) is 13.0 Å². The minimum Gasteiger partial charge on any atom is -0.332 e. The molecule has 0 aliphatic heterocycles. The Morgan fingerprint density at radius 2 is 2.11 bits per heavy atom. The average Bonchev–Trinajstić information content (AvgIpc) is 2.77. The fourth-order valence-electron chi connectivity index (χ4n) is 1.42. The van der Waals surface area contributed by atoms with Crippen LogP contribution in [0, 0.1) is 0 Å². The molecule has 0 radical (unpaired) electrons. The van der Waals surface area contributed by atoms with E-state index in [9.17, 15) is 8.42 Å². The van der Waals surface area contributed by atoms with Gasteiger partial charge >= 0.3 is 0 Å². The zero-order chi connectivity index (χ0) is 13.6. The lowest BCUT2D eigenvalue weighted by Crippen LogP contribution is -2.30. The second-order valence-corrected chi connectivity index (χ2v) is 6.14. The number of rotatable bonds is 8. The first-order chi connectivity index (χ1) is 8.45. The van der Waals surface area contributed by atoms with Gasteiger partial charge in [-0.25, -0.2) is 18.1 Å². The zero-order valence-electron chi connectivity index (χ0n) is 11.2. The zero-order valence-corrected chi connectivity index (χ0v) is 12.0. The van der Waals surface area contributed by atoms with E-state index in [1.54, 1.807) is 0 Å². The predicted molar refractivity (Wildman–Crippen MR) is 70.9 cm³/mol. The first kappa shape index (κ1) is 15.1. The van der Waals surface area contributed by atoms with Crippen molar-refractivity contribution in [3.8, 4) is 0 Å². The van der Waals surface area contributed by atoms with Crippen molar-refractivity contribution in [3.63, 3.8) is 0 Å². The molecule has 0 saturated carbocycles. The number of hydrogen-bond acceptors (Lipinski definition) is 4. The van der Waals surface area contributed by atoms with Crippen LogP contribution in [0.3, 0.4) is 0 Å². The van der Waals surface area contributed by atoms with Crippen LogP contribution in [0.4, 0.5) is 0 Å². The highest BCUT2D eigenvalue weighted by Crippen LogP contribution is 2.05. The van der Waals surface area contributed by atoms with E-state index in [1.807, 2.05) is 6.92 Å². The van der Waals surface area contributed by atoms with Crippen LogP contribution in [0.2, 0.25) is 0 Å². The largest absolute Gasteiger partial charge is 0.332 e. The van der Waals surface area contributed by atoms with Crippen molar-refractivity contribution in [2.75, 3.05) is 13.1 Å². The van der Waals surface area contributed by atoms with Crippen LogP contribution in [-0.2, 0) is 16.4 Å². The summed E-state index contributed by atoms with van der Waals surface area (Å²) in [6, 6.07) is 0.418. The van der Waals surface area contributed by atoms with Crippen LogP contribution in [0.15, 0.2) is 11.2 Å². The maximum atomic E-state index is 11.9. The summed E-state index contributed by atoms with van der Waals surface area (Å²) in [5.41, 5.74) is 0. The van der Waals surface area contributed by atoms with Gasteiger partial charge in [0.2, 0.25) is 0 Å². The van der Waals surface area contributed by atoms with Crippen LogP contribution in [0.25, 0.3) is 0 Å². The van der Waals surface area contributed by atoms with Crippen molar-refractivity contribution >= 4 is 10.0 Å². The molecule has 18 heavy (non-hydrogen) atoms. The third kappa shape index (κ3) is 4.75. The Morgan fingerprint density at radius 3 is 2.67 bits per heavy atom. The Kier molecular flexibility index (Phi) is 5.77. The molecule has 0 aliphatic carbocycles. The van der Waals surface area contributed by atoms with Gasteiger partial charge in [0.1, 0.15) is 5.82 Å². The van der Waals surface area contributed by atoms with Crippen molar-refractivity contribution in [1.29, 1.82) is 0 Å². The number of nitrogens with zero attached hydrogens (tertiary/aromatic N) is 1. The predicted octanol–water partition coefficient (Wildman–Crippen LogP) is 0.639. The summed E-state index contributed by atoms with van der Waals surface area (Å²) in [7, 11) is -3.45. The highest BCUT2D eigenvalue weighted by Gasteiger charge is 2.15. The molecule has 3 N–H and O–H groups in total. The molecule has 1 aromatic heterocycles. The number of hydrogen-bond donors (Lipinski definition) is 3. The van der Waals surface area contributed by atoms with Gasteiger partial charge in [0, 0.05) is 19.0 Å². The monoisotopic (exact) mass is 274 g/mol. The van der Waals surface area contributed by atoms with E-state index in [4.69, 9.17) is 0 Å². The van der Waals surface area contributed by atoms with Crippen molar-refractivity contribution < 1.29 is 8.42 Å². The van der Waals surface area contributed by atoms with E-state index in [1.165, 1.54) is 6.20 Å². The van der Waals surface area contributed by atoms with Gasteiger partial charge in [-0.15, -0.1) is 0 Å². The molecule has 0 saturated heterocycles. The Balaban J connectivity index is 2.40. The molecular formula is C11H22N4O2S. The normalized spacial score (nSPS) is 12.2. The molecule has 6 nitrogen and oxygen atoms in total. The SMILES string of the molecule is CCc1ncc(S(=O)(=O)NCCCNC(C)C)[nH]1. The average molecular weight is 274 g/mol. The number of aromatic nitrogens is 2. The van der Waals surface area contributed by atoms with Crippen LogP contribution >= 0.6 is 0 Å². The summed E-state index contributed by atoms with van der Waals surface area (Å²) in [5, 5.41) is 3.37. The Morgan fingerprint density at radius 1 is 1.39 bits per heavy atom. The standard InChI is InChI=1S/C11H22N4O2S/c1-4-10-13-8-11(15-10)18(16,17)14-7-5-6-12-9(2)3/h8-9,12,14H,4-7H2,1-3H3,(H,13,15). The van der Waals surface area contributed by atoms with Gasteiger partial charge in [0.05, 0.1) is 6.20 Å². The van der Waals surface area contributed by atoms with Gasteiger partial charge < -0.3 is 10.3 Å². The van der Waals surface area contributed by atoms with Crippen molar-refractivity contribution in [2.45, 2.75) is 44.7 Å². The fourth-order valence-corrected chi connectivity index (χ4v) is 2.44. The van der Waals surface area contributed by atoms with E-state index in [0.29, 0.717) is 24.8 Å². The smallest absolute Gasteiger partial charge is 0.257 e. The molecule has 1 aromatic rings. The molecule has 7 heteroatoms. The number of H-pyrrole nitrogens is 1. The minimum absolute atomic E-state index is 0.135. The lowest BCUT2D eigenvalue weighted by molar-refractivity contribution is 0.553. The van der Waals surface area contributed by atoms with Crippen LogP contribution in [0.5, 0.6) is 0 Å². The molecule has 0 unspecified atom stereocenters. The van der Waals surface area contributed by atoms with Gasteiger partial charge in [-0.2, -0.15) is 0 Å². The summed E-state index contributed by atoms with van der Waals surface area (Å²) >= 11 is 0. The van der Waals surface area contributed by atoms with Gasteiger partial charge in [0.15, 0.2) is 5.03 Å². The number of aromatic amines is 1. The summed E-state index contributed by atoms with van der Waals surface area (Å²) < 4.78 is 26.3. The third-order valence-corrected chi connectivity index (χ3v) is 3.80. The van der Waals surface area contributed by atoms with E-state index in [2.05, 4.69) is 33.9 Å². The molecule has 1 heterocycles. The van der Waals surface area contributed by atoms with Gasteiger partial charge in [-0.1, -0.05) is 20.8 Å². The van der Waals surface area contributed by atoms with Crippen LogP contribution in [-0.4, -0.2) is 37.5 Å². The minimum atomic E-state index is -3.45. The van der Waals surface area contributed by atoms with E-state index in [-0.39, 0.29) is 5.03 Å². The first-order valence-corrected chi connectivity index (χ1v) is 7.71. The lowest BCUT2D eigenvalue weighted by Gasteiger charge is -2.08. The van der Waals surface area contributed by atoms with Crippen LogP contribution in [0.1, 0.15) is 33.0 Å². The number of sulfonamides is 1. The van der Waals surface area contributed by atoms with E-state index < -0.39 is 10.0 Å². The molecular weight excluding hydrogens is 252 g/mol. The van der Waals surface area contributed by atoms with Crippen molar-refractivity contribution in [3.05, 3.63) is 12.0 Å². The molecule has 1 rings (SSSR count). The van der Waals surface area contributed by atoms with Gasteiger partial charge in [-0.3, -0.25) is 0 Å². The number of aryl methyl sites for hydroxylation is 1. The molecule has 0 bridgehead atoms. The van der Waals surface area contributed by atoms with E-state index in [0.717, 1.165) is 13.0 Å². The maximum absolute atomic E-state index is 11.9. The van der Waals surface area contributed by atoms with Gasteiger partial charge in [0.25, 0.3) is 10.0 Å². The highest BCUT2D eigenvalue weighted by molar-refractivity contribution is 7.89. The molecule has 0 fully saturated rings. The first-order valence-electron chi connectivity index (χ1n) is 6.22. The fraction of sp³-hybridized carbons (Fsp3) is 0.727. The Labute approximate surface area is 109 Å². The van der Waals surface area contributed by atoms with Crippen LogP contribution < -0.4 is 10.0 Å². The summed E-state index contributed by atoms with van der Waals surface area (Å²) in [5.74, 6) is 0.678. The lowest BCUT2D eigenvalue weighted by atomic mass is 10.3. The van der Waals surface area contributed by atoms with E-state index >= 15 is 0 Å². The van der Waals surface area contributed by atoms with Crippen molar-refractivity contribution in [1.82, 2.24) is 20.0 Å². The molecule has 0 amide bonds. The molecule has 0 aromatic carbocycles. The summed E-state index contributed by atoms with van der Waals surface area (Å²) in [6.45, 7) is 7.24. The third-order valence-electron chi connectivity index (χ3n) is 2.43.